The highest BCUT2D eigenvalue weighted by atomic mass is 32.2. The van der Waals surface area contributed by atoms with Crippen molar-refractivity contribution < 1.29 is 29.7 Å². The van der Waals surface area contributed by atoms with Crippen LogP contribution in [0.2, 0.25) is 0 Å². The average Bonchev–Trinajstić information content (AvgIpc) is 2.20. The monoisotopic (exact) mass is 281 g/mol. The Bertz CT molecular complexity index is 332. The lowest BCUT2D eigenvalue weighted by molar-refractivity contribution is -0.140. The molecule has 0 aliphatic heterocycles. The number of carboxylic acids is 3. The first-order chi connectivity index (χ1) is 7.82. The van der Waals surface area contributed by atoms with Crippen LogP contribution in [0.1, 0.15) is 12.8 Å². The fourth-order valence-electron chi connectivity index (χ4n) is 0.836. The van der Waals surface area contributed by atoms with Crippen LogP contribution in [-0.2, 0) is 14.4 Å². The van der Waals surface area contributed by atoms with Gasteiger partial charge in [0.25, 0.3) is 0 Å². The van der Waals surface area contributed by atoms with Gasteiger partial charge in [0.1, 0.15) is 10.4 Å². The molecule has 0 amide bonds. The quantitative estimate of drug-likeness (QED) is 0.477. The maximum Gasteiger partial charge on any atom is 0.326 e. The van der Waals surface area contributed by atoms with Gasteiger partial charge in [0.05, 0.1) is 5.75 Å². The molecule has 0 aromatic heterocycles. The summed E-state index contributed by atoms with van der Waals surface area (Å²) in [6.07, 6.45) is -0.436. The van der Waals surface area contributed by atoms with Gasteiger partial charge in [0.2, 0.25) is 0 Å². The first-order valence-corrected chi connectivity index (χ1v) is 5.82. The second-order valence-electron chi connectivity index (χ2n) is 2.94. The van der Waals surface area contributed by atoms with Crippen molar-refractivity contribution in [2.24, 2.45) is 0 Å². The summed E-state index contributed by atoms with van der Waals surface area (Å²) in [4.78, 5) is 31.3. The lowest BCUT2D eigenvalue weighted by Crippen LogP contribution is -2.39. The van der Waals surface area contributed by atoms with Crippen LogP contribution in [0.3, 0.4) is 0 Å². The molecule has 0 rings (SSSR count). The van der Waals surface area contributed by atoms with Crippen LogP contribution in [0.5, 0.6) is 0 Å². The van der Waals surface area contributed by atoms with E-state index in [0.29, 0.717) is 0 Å². The summed E-state index contributed by atoms with van der Waals surface area (Å²) >= 11 is 5.50. The van der Waals surface area contributed by atoms with Crippen LogP contribution in [0, 0.1) is 0 Å². The topological polar surface area (TPSA) is 124 Å². The molecule has 0 spiro atoms. The lowest BCUT2D eigenvalue weighted by Gasteiger charge is -2.14. The summed E-state index contributed by atoms with van der Waals surface area (Å²) in [5, 5.41) is 28.0. The van der Waals surface area contributed by atoms with Crippen molar-refractivity contribution in [3.63, 3.8) is 0 Å². The molecule has 0 heterocycles. The molecule has 0 aromatic rings. The molecule has 0 aromatic carbocycles. The third-order valence-corrected chi connectivity index (χ3v) is 2.81. The van der Waals surface area contributed by atoms with Crippen molar-refractivity contribution in [1.29, 1.82) is 0 Å². The van der Waals surface area contributed by atoms with Gasteiger partial charge in [-0.2, -0.15) is 0 Å². The fourth-order valence-corrected chi connectivity index (χ4v) is 1.64. The van der Waals surface area contributed by atoms with Crippen molar-refractivity contribution in [2.45, 2.75) is 18.9 Å². The van der Waals surface area contributed by atoms with E-state index in [0.717, 1.165) is 11.8 Å². The first kappa shape index (κ1) is 15.7. The van der Waals surface area contributed by atoms with Gasteiger partial charge in [-0.15, -0.1) is 0 Å². The molecule has 0 radical (unpaired) electrons. The highest BCUT2D eigenvalue weighted by Gasteiger charge is 2.19. The second kappa shape index (κ2) is 7.85. The highest BCUT2D eigenvalue weighted by molar-refractivity contribution is 8.23. The SMILES string of the molecule is O=C(O)CCC(NC(=S)SCC(=O)O)C(=O)O. The highest BCUT2D eigenvalue weighted by Crippen LogP contribution is 2.05. The number of hydrogen-bond acceptors (Lipinski definition) is 5. The van der Waals surface area contributed by atoms with Crippen molar-refractivity contribution in [2.75, 3.05) is 5.75 Å². The minimum absolute atomic E-state index is 0.0187. The van der Waals surface area contributed by atoms with E-state index in [1.165, 1.54) is 0 Å². The van der Waals surface area contributed by atoms with Crippen LogP contribution < -0.4 is 5.32 Å². The maximum atomic E-state index is 10.7. The molecule has 0 aliphatic rings. The molecule has 4 N–H and O–H groups in total. The number of rotatable bonds is 7. The van der Waals surface area contributed by atoms with Gasteiger partial charge in [0, 0.05) is 6.42 Å². The van der Waals surface area contributed by atoms with Gasteiger partial charge in [-0.05, 0) is 6.42 Å². The van der Waals surface area contributed by atoms with Crippen molar-refractivity contribution in [3.05, 3.63) is 0 Å². The Labute approximate surface area is 106 Å². The summed E-state index contributed by atoms with van der Waals surface area (Å²) < 4.78 is 0.0187. The third-order valence-electron chi connectivity index (χ3n) is 1.56. The predicted octanol–water partition coefficient (Wildman–Crippen LogP) is -0.00330. The number of hydrogen-bond donors (Lipinski definition) is 4. The molecule has 17 heavy (non-hydrogen) atoms. The molecule has 0 saturated carbocycles. The van der Waals surface area contributed by atoms with Gasteiger partial charge in [-0.25, -0.2) is 4.79 Å². The normalized spacial score (nSPS) is 11.5. The molecule has 9 heteroatoms. The largest absolute Gasteiger partial charge is 0.481 e. The molecule has 7 nitrogen and oxygen atoms in total. The van der Waals surface area contributed by atoms with E-state index in [-0.39, 0.29) is 22.9 Å². The van der Waals surface area contributed by atoms with E-state index in [1.807, 2.05) is 0 Å². The Balaban J connectivity index is 4.15. The minimum Gasteiger partial charge on any atom is -0.481 e. The number of carboxylic acid groups (broad SMARTS) is 3. The van der Waals surface area contributed by atoms with E-state index in [4.69, 9.17) is 27.5 Å². The molecular formula is C8H11NO6S2. The number of aliphatic carboxylic acids is 3. The summed E-state index contributed by atoms with van der Waals surface area (Å²) in [7, 11) is 0. The molecule has 1 atom stereocenters. The van der Waals surface area contributed by atoms with Crippen molar-refractivity contribution in [1.82, 2.24) is 5.32 Å². The summed E-state index contributed by atoms with van der Waals surface area (Å²) in [6.45, 7) is 0. The molecule has 0 saturated heterocycles. The number of thioether (sulfide) groups is 1. The van der Waals surface area contributed by atoms with Crippen LogP contribution in [0.25, 0.3) is 0 Å². The zero-order chi connectivity index (χ0) is 13.4. The molecule has 0 fully saturated rings. The third kappa shape index (κ3) is 8.46. The molecule has 1 unspecified atom stereocenters. The Hall–Kier alpha value is -1.35. The first-order valence-electron chi connectivity index (χ1n) is 4.42. The van der Waals surface area contributed by atoms with Gasteiger partial charge in [-0.1, -0.05) is 24.0 Å². The van der Waals surface area contributed by atoms with E-state index in [9.17, 15) is 14.4 Å². The molecule has 0 aliphatic carbocycles. The summed E-state index contributed by atoms with van der Waals surface area (Å²) in [6, 6.07) is -1.13. The standard InChI is InChI=1S/C8H11NO6S2/c10-5(11)2-1-4(7(14)15)9-8(16)17-3-6(12)13/h4H,1-3H2,(H,9,16)(H,10,11)(H,12,13)(H,14,15). The Kier molecular flexibility index (Phi) is 7.22. The smallest absolute Gasteiger partial charge is 0.326 e. The van der Waals surface area contributed by atoms with Gasteiger partial charge in [0.15, 0.2) is 0 Å². The Morgan fingerprint density at radius 1 is 1.18 bits per heavy atom. The van der Waals surface area contributed by atoms with Gasteiger partial charge in [-0.3, -0.25) is 9.59 Å². The second-order valence-corrected chi connectivity index (χ2v) is 4.59. The van der Waals surface area contributed by atoms with Crippen molar-refractivity contribution >= 4 is 46.2 Å². The molecule has 96 valence electrons. The average molecular weight is 281 g/mol. The van der Waals surface area contributed by atoms with Crippen LogP contribution in [0.4, 0.5) is 0 Å². The van der Waals surface area contributed by atoms with E-state index < -0.39 is 23.9 Å². The molecular weight excluding hydrogens is 270 g/mol. The Morgan fingerprint density at radius 3 is 2.18 bits per heavy atom. The molecule has 0 bridgehead atoms. The number of thiocarbonyl (C=S) groups is 1. The van der Waals surface area contributed by atoms with E-state index in [1.54, 1.807) is 0 Å². The number of nitrogens with one attached hydrogen (secondary N) is 1. The zero-order valence-electron chi connectivity index (χ0n) is 8.58. The van der Waals surface area contributed by atoms with E-state index >= 15 is 0 Å². The van der Waals surface area contributed by atoms with Crippen LogP contribution >= 0.6 is 24.0 Å². The van der Waals surface area contributed by atoms with Crippen LogP contribution in [0.15, 0.2) is 0 Å². The zero-order valence-corrected chi connectivity index (χ0v) is 10.2. The van der Waals surface area contributed by atoms with Gasteiger partial charge >= 0.3 is 17.9 Å². The predicted molar refractivity (Wildman–Crippen MR) is 64.1 cm³/mol. The van der Waals surface area contributed by atoms with Gasteiger partial charge < -0.3 is 20.6 Å². The summed E-state index contributed by atoms with van der Waals surface area (Å²) in [5.74, 6) is -3.69. The minimum atomic E-state index is -1.23. The Morgan fingerprint density at radius 2 is 1.76 bits per heavy atom. The summed E-state index contributed by atoms with van der Waals surface area (Å²) in [5.41, 5.74) is 0. The fraction of sp³-hybridized carbons (Fsp3) is 0.500. The lowest BCUT2D eigenvalue weighted by atomic mass is 10.1. The maximum absolute atomic E-state index is 10.7. The van der Waals surface area contributed by atoms with E-state index in [2.05, 4.69) is 5.32 Å². The number of carbonyl (C=O) groups is 3. The van der Waals surface area contributed by atoms with Crippen molar-refractivity contribution in [3.8, 4) is 0 Å². The van der Waals surface area contributed by atoms with Crippen LogP contribution in [-0.4, -0.2) is 49.3 Å².